The van der Waals surface area contributed by atoms with Crippen LogP contribution in [0.3, 0.4) is 0 Å². The number of benzene rings is 1. The zero-order valence-electron chi connectivity index (χ0n) is 7.23. The maximum absolute atomic E-state index is 9.61. The van der Waals surface area contributed by atoms with Gasteiger partial charge in [0, 0.05) is 5.56 Å². The lowest BCUT2D eigenvalue weighted by atomic mass is 9.80. The molecule has 60 valence electrons. The van der Waals surface area contributed by atoms with Crippen LogP contribution in [0.2, 0.25) is 0 Å². The van der Waals surface area contributed by atoms with Crippen molar-refractivity contribution >= 4 is 0 Å². The maximum Gasteiger partial charge on any atom is 0.120 e. The van der Waals surface area contributed by atoms with Crippen LogP contribution in [0.1, 0.15) is 36.1 Å². The monoisotopic (exact) mass is 158 g/mol. The van der Waals surface area contributed by atoms with Crippen LogP contribution >= 0.6 is 0 Å². The second-order valence-corrected chi connectivity index (χ2v) is 4.99. The predicted octanol–water partition coefficient (Wildman–Crippen LogP) is 1.94. The lowest BCUT2D eigenvalue weighted by Gasteiger charge is -2.22. The van der Waals surface area contributed by atoms with Gasteiger partial charge in [0.25, 0.3) is 0 Å². The van der Waals surface area contributed by atoms with Crippen molar-refractivity contribution in [1.29, 1.82) is 0 Å². The van der Waals surface area contributed by atoms with Crippen LogP contribution in [0.25, 0.3) is 0 Å². The van der Waals surface area contributed by atoms with Crippen molar-refractivity contribution in [3.63, 3.8) is 0 Å². The van der Waals surface area contributed by atoms with E-state index in [9.17, 15) is 5.11 Å². The van der Waals surface area contributed by atoms with Gasteiger partial charge in [-0.3, -0.25) is 0 Å². The summed E-state index contributed by atoms with van der Waals surface area (Å²) < 4.78 is 0. The Balaban J connectivity index is 2.16. The molecular weight excluding hydrogens is 148 g/mol. The van der Waals surface area contributed by atoms with Gasteiger partial charge in [0.1, 0.15) is 5.75 Å². The summed E-state index contributed by atoms with van der Waals surface area (Å²) in [4.78, 5) is 0. The summed E-state index contributed by atoms with van der Waals surface area (Å²) in [6.45, 7) is 4.62. The van der Waals surface area contributed by atoms with Gasteiger partial charge in [-0.25, -0.2) is 0 Å². The molecule has 1 nitrogen and oxygen atoms in total. The van der Waals surface area contributed by atoms with Gasteiger partial charge in [0.2, 0.25) is 0 Å². The Kier molecular flexibility index (Phi) is 0.487. The fourth-order valence-corrected chi connectivity index (χ4v) is 3.54. The van der Waals surface area contributed by atoms with E-state index in [0.29, 0.717) is 16.6 Å². The summed E-state index contributed by atoms with van der Waals surface area (Å²) in [6.07, 6.45) is 1.15. The molecule has 0 saturated heterocycles. The number of phenols is 1. The molecule has 0 fully saturated rings. The maximum atomic E-state index is 9.61. The van der Waals surface area contributed by atoms with Gasteiger partial charge in [-0.05, 0) is 34.6 Å². The number of aromatic hydroxyl groups is 1. The van der Waals surface area contributed by atoms with Gasteiger partial charge in [-0.15, -0.1) is 0 Å². The van der Waals surface area contributed by atoms with Crippen molar-refractivity contribution in [3.8, 4) is 5.75 Å². The van der Waals surface area contributed by atoms with Gasteiger partial charge >= 0.3 is 0 Å². The van der Waals surface area contributed by atoms with E-state index in [-0.39, 0.29) is 0 Å². The molecule has 0 aromatic heterocycles. The predicted molar refractivity (Wildman–Crippen MR) is 45.5 cm³/mol. The van der Waals surface area contributed by atoms with E-state index in [1.165, 1.54) is 16.7 Å². The van der Waals surface area contributed by atoms with Gasteiger partial charge in [0.05, 0.1) is 5.41 Å². The first-order chi connectivity index (χ1) is 5.61. The summed E-state index contributed by atoms with van der Waals surface area (Å²) >= 11 is 0. The Morgan fingerprint density at radius 3 is 2.58 bits per heavy atom. The van der Waals surface area contributed by atoms with E-state index in [1.807, 2.05) is 6.07 Å². The molecule has 1 spiro atoms. The number of phenolic OH excluding ortho intramolecular Hbond substituents is 1. The van der Waals surface area contributed by atoms with E-state index >= 15 is 0 Å². The first kappa shape index (κ1) is 5.63. The Hall–Kier alpha value is -0.980. The Bertz CT molecular complexity index is 446. The highest BCUT2D eigenvalue weighted by molar-refractivity contribution is 5.95. The summed E-state index contributed by atoms with van der Waals surface area (Å²) in [6, 6.07) is 1.97. The Morgan fingerprint density at radius 2 is 2.00 bits per heavy atom. The van der Waals surface area contributed by atoms with Gasteiger partial charge in [-0.2, -0.15) is 0 Å². The molecule has 5 rings (SSSR count). The van der Waals surface area contributed by atoms with Gasteiger partial charge < -0.3 is 5.11 Å². The molecule has 1 N–H and O–H groups in total. The van der Waals surface area contributed by atoms with Crippen LogP contribution in [0.4, 0.5) is 0 Å². The van der Waals surface area contributed by atoms with Crippen molar-refractivity contribution in [2.24, 2.45) is 5.41 Å². The molecule has 1 heteroatoms. The molecule has 4 bridgehead atoms. The Labute approximate surface area is 71.0 Å². The van der Waals surface area contributed by atoms with Crippen LogP contribution in [-0.4, -0.2) is 5.11 Å². The van der Waals surface area contributed by atoms with E-state index < -0.39 is 0 Å². The minimum atomic E-state index is 0.307. The smallest absolute Gasteiger partial charge is 0.120 e. The normalized spacial score (nSPS) is 34.8. The molecule has 4 aliphatic carbocycles. The standard InChI is InChI=1S/C11H10O/c1-10(2)4-5-3-6(12)8-9-7(5)11(8,9)10/h3,12H,4H2,1-2H3. The lowest BCUT2D eigenvalue weighted by molar-refractivity contribution is 0.335. The topological polar surface area (TPSA) is 20.2 Å². The van der Waals surface area contributed by atoms with Crippen molar-refractivity contribution in [1.82, 2.24) is 0 Å². The number of fused-ring (bicyclic) bond motifs is 1. The molecule has 0 radical (unpaired) electrons. The molecule has 12 heavy (non-hydrogen) atoms. The molecule has 1 aromatic rings. The zero-order valence-corrected chi connectivity index (χ0v) is 7.23. The quantitative estimate of drug-likeness (QED) is 0.611. The highest BCUT2D eigenvalue weighted by Crippen LogP contribution is 2.86. The molecule has 4 aliphatic rings. The molecule has 0 heterocycles. The third kappa shape index (κ3) is 0.262. The first-order valence-electron chi connectivity index (χ1n) is 4.51. The van der Waals surface area contributed by atoms with E-state index in [4.69, 9.17) is 0 Å². The molecule has 0 amide bonds. The van der Waals surface area contributed by atoms with Crippen molar-refractivity contribution in [3.05, 3.63) is 28.3 Å². The van der Waals surface area contributed by atoms with Crippen LogP contribution in [0.15, 0.2) is 6.07 Å². The molecule has 1 atom stereocenters. The molecule has 1 aromatic carbocycles. The van der Waals surface area contributed by atoms with E-state index in [2.05, 4.69) is 13.8 Å². The van der Waals surface area contributed by atoms with Gasteiger partial charge in [-0.1, -0.05) is 13.8 Å². The molecule has 0 aliphatic heterocycles. The van der Waals surface area contributed by atoms with E-state index in [1.54, 1.807) is 5.56 Å². The van der Waals surface area contributed by atoms with Gasteiger partial charge in [0.15, 0.2) is 0 Å². The zero-order chi connectivity index (χ0) is 8.30. The fourth-order valence-electron chi connectivity index (χ4n) is 3.54. The molecular formula is C11H10O. The number of hydrogen-bond acceptors (Lipinski definition) is 1. The van der Waals surface area contributed by atoms with Crippen molar-refractivity contribution in [2.45, 2.75) is 25.7 Å². The van der Waals surface area contributed by atoms with E-state index in [0.717, 1.165) is 6.42 Å². The van der Waals surface area contributed by atoms with Crippen molar-refractivity contribution in [2.75, 3.05) is 0 Å². The number of rotatable bonds is 0. The average Bonchev–Trinajstić information content (AvgIpc) is 2.63. The third-order valence-corrected chi connectivity index (χ3v) is 4.04. The van der Waals surface area contributed by atoms with Crippen LogP contribution in [-0.2, 0) is 11.8 Å². The summed E-state index contributed by atoms with van der Waals surface area (Å²) in [7, 11) is 0. The fraction of sp³-hybridized carbons (Fsp3) is 0.455. The second-order valence-electron chi connectivity index (χ2n) is 4.99. The SMILES string of the molecule is CC1(C)Cc2cc(O)c3c4c2C341. The average molecular weight is 158 g/mol. The highest BCUT2D eigenvalue weighted by atomic mass is 16.3. The highest BCUT2D eigenvalue weighted by Gasteiger charge is 2.80. The minimum absolute atomic E-state index is 0.307. The summed E-state index contributed by atoms with van der Waals surface area (Å²) in [5.74, 6) is 0.556. The first-order valence-corrected chi connectivity index (χ1v) is 4.51. The summed E-state index contributed by atoms with van der Waals surface area (Å²) in [5.41, 5.74) is 6.42. The van der Waals surface area contributed by atoms with Crippen molar-refractivity contribution < 1.29 is 5.11 Å². The molecule has 1 unspecified atom stereocenters. The largest absolute Gasteiger partial charge is 0.508 e. The third-order valence-electron chi connectivity index (χ3n) is 4.04. The number of hydrogen-bond donors (Lipinski definition) is 1. The van der Waals surface area contributed by atoms with Crippen LogP contribution in [0, 0.1) is 5.41 Å². The van der Waals surface area contributed by atoms with Crippen LogP contribution < -0.4 is 0 Å². The van der Waals surface area contributed by atoms with Crippen LogP contribution in [0.5, 0.6) is 5.75 Å². The second kappa shape index (κ2) is 1.04. The molecule has 0 saturated carbocycles. The Morgan fingerprint density at radius 1 is 1.25 bits per heavy atom. The lowest BCUT2D eigenvalue weighted by Crippen LogP contribution is -2.21. The minimum Gasteiger partial charge on any atom is -0.508 e. The summed E-state index contributed by atoms with van der Waals surface area (Å²) in [5, 5.41) is 9.61.